The molecule has 146 valence electrons. The van der Waals surface area contributed by atoms with Crippen LogP contribution in [0, 0.1) is 0 Å². The predicted molar refractivity (Wildman–Crippen MR) is 113 cm³/mol. The molecule has 3 heterocycles. The van der Waals surface area contributed by atoms with E-state index < -0.39 is 0 Å². The van der Waals surface area contributed by atoms with Gasteiger partial charge in [-0.15, -0.1) is 0 Å². The van der Waals surface area contributed by atoms with Crippen molar-refractivity contribution in [2.45, 2.75) is 6.42 Å². The number of benzene rings is 1. The van der Waals surface area contributed by atoms with Crippen molar-refractivity contribution in [3.05, 3.63) is 63.6 Å². The van der Waals surface area contributed by atoms with E-state index >= 15 is 0 Å². The van der Waals surface area contributed by atoms with Crippen molar-refractivity contribution in [2.24, 2.45) is 0 Å². The number of fused-ring (bicyclic) bond motifs is 1. The summed E-state index contributed by atoms with van der Waals surface area (Å²) in [5, 5.41) is 0.893. The van der Waals surface area contributed by atoms with E-state index in [0.717, 1.165) is 60.7 Å². The van der Waals surface area contributed by atoms with Crippen LogP contribution in [0.4, 0.5) is 5.82 Å². The van der Waals surface area contributed by atoms with Crippen molar-refractivity contribution in [3.63, 3.8) is 0 Å². The number of piperazine rings is 1. The summed E-state index contributed by atoms with van der Waals surface area (Å²) in [6.45, 7) is 5.64. The fraction of sp³-hybridized carbons (Fsp3) is 0.333. The molecule has 6 nitrogen and oxygen atoms in total. The Hall–Kier alpha value is -2.38. The number of nitrogens with zero attached hydrogens (tertiary/aromatic N) is 3. The van der Waals surface area contributed by atoms with Crippen LogP contribution in [0.15, 0.2) is 62.3 Å². The summed E-state index contributed by atoms with van der Waals surface area (Å²) in [6.07, 6.45) is 0.950. The summed E-state index contributed by atoms with van der Waals surface area (Å²) in [7, 11) is 0. The van der Waals surface area contributed by atoms with Crippen molar-refractivity contribution in [2.75, 3.05) is 44.2 Å². The van der Waals surface area contributed by atoms with E-state index in [1.165, 1.54) is 6.07 Å². The Labute approximate surface area is 171 Å². The monoisotopic (exact) mass is 443 g/mol. The second-order valence-electron chi connectivity index (χ2n) is 6.80. The molecule has 0 N–H and O–H groups in total. The van der Waals surface area contributed by atoms with Gasteiger partial charge in [-0.3, -0.25) is 4.90 Å². The van der Waals surface area contributed by atoms with Crippen LogP contribution >= 0.6 is 15.9 Å². The van der Waals surface area contributed by atoms with E-state index in [-0.39, 0.29) is 5.63 Å². The Kier molecular flexibility index (Phi) is 5.92. The van der Waals surface area contributed by atoms with Crippen molar-refractivity contribution >= 4 is 32.7 Å². The summed E-state index contributed by atoms with van der Waals surface area (Å²) in [6, 6.07) is 14.8. The first-order valence-corrected chi connectivity index (χ1v) is 10.2. The van der Waals surface area contributed by atoms with E-state index in [1.54, 1.807) is 12.1 Å². The number of ether oxygens (including phenoxy) is 1. The standard InChI is InChI=1S/C21H22BrN3O3/c22-19-3-1-4-20(23-19)25-12-10-24(11-13-25)9-2-14-27-17-7-5-16-6-8-21(26)28-18(16)15-17/h1,3-8,15H,2,9-14H2. The van der Waals surface area contributed by atoms with Crippen molar-refractivity contribution in [3.8, 4) is 5.75 Å². The summed E-state index contributed by atoms with van der Waals surface area (Å²) < 4.78 is 11.9. The maximum absolute atomic E-state index is 11.3. The van der Waals surface area contributed by atoms with Crippen molar-refractivity contribution < 1.29 is 9.15 Å². The van der Waals surface area contributed by atoms with Crippen LogP contribution in [0.1, 0.15) is 6.42 Å². The number of aromatic nitrogens is 1. The van der Waals surface area contributed by atoms with E-state index in [1.807, 2.05) is 24.3 Å². The molecule has 0 radical (unpaired) electrons. The van der Waals surface area contributed by atoms with Gasteiger partial charge in [-0.25, -0.2) is 9.78 Å². The lowest BCUT2D eigenvalue weighted by Gasteiger charge is -2.35. The normalized spacial score (nSPS) is 15.1. The van der Waals surface area contributed by atoms with E-state index in [4.69, 9.17) is 9.15 Å². The van der Waals surface area contributed by atoms with Gasteiger partial charge in [0, 0.05) is 50.2 Å². The maximum atomic E-state index is 11.3. The molecule has 1 saturated heterocycles. The van der Waals surface area contributed by atoms with Gasteiger partial charge in [-0.1, -0.05) is 6.07 Å². The van der Waals surface area contributed by atoms with Gasteiger partial charge in [0.25, 0.3) is 0 Å². The van der Waals surface area contributed by atoms with Crippen LogP contribution in [0.3, 0.4) is 0 Å². The molecule has 1 aromatic carbocycles. The molecule has 7 heteroatoms. The van der Waals surface area contributed by atoms with Crippen molar-refractivity contribution in [1.29, 1.82) is 0 Å². The van der Waals surface area contributed by atoms with Crippen LogP contribution in [-0.2, 0) is 0 Å². The Balaban J connectivity index is 1.21. The molecule has 0 aliphatic carbocycles. The molecule has 1 aliphatic rings. The molecule has 1 aliphatic heterocycles. The highest BCUT2D eigenvalue weighted by molar-refractivity contribution is 9.10. The lowest BCUT2D eigenvalue weighted by atomic mass is 10.2. The second kappa shape index (κ2) is 8.75. The minimum atomic E-state index is -0.346. The quantitative estimate of drug-likeness (QED) is 0.329. The molecule has 0 atom stereocenters. The summed E-state index contributed by atoms with van der Waals surface area (Å²) >= 11 is 3.44. The first kappa shape index (κ1) is 19.0. The summed E-state index contributed by atoms with van der Waals surface area (Å²) in [4.78, 5) is 20.6. The SMILES string of the molecule is O=c1ccc2ccc(OCCCN3CCN(c4cccc(Br)n4)CC3)cc2o1. The van der Waals surface area contributed by atoms with Crippen LogP contribution in [0.25, 0.3) is 11.0 Å². The smallest absolute Gasteiger partial charge is 0.336 e. The van der Waals surface area contributed by atoms with Gasteiger partial charge >= 0.3 is 5.63 Å². The van der Waals surface area contributed by atoms with Gasteiger partial charge in [-0.05, 0) is 52.7 Å². The minimum Gasteiger partial charge on any atom is -0.493 e. The molecular formula is C21H22BrN3O3. The lowest BCUT2D eigenvalue weighted by Crippen LogP contribution is -2.47. The van der Waals surface area contributed by atoms with Gasteiger partial charge < -0.3 is 14.1 Å². The molecule has 0 saturated carbocycles. The molecule has 28 heavy (non-hydrogen) atoms. The molecular weight excluding hydrogens is 422 g/mol. The fourth-order valence-electron chi connectivity index (χ4n) is 3.38. The fourth-order valence-corrected chi connectivity index (χ4v) is 3.72. The average molecular weight is 444 g/mol. The number of halogens is 1. The average Bonchev–Trinajstić information content (AvgIpc) is 2.71. The zero-order chi connectivity index (χ0) is 19.3. The zero-order valence-corrected chi connectivity index (χ0v) is 17.1. The van der Waals surface area contributed by atoms with E-state index in [0.29, 0.717) is 12.2 Å². The van der Waals surface area contributed by atoms with Gasteiger partial charge in [0.05, 0.1) is 6.61 Å². The molecule has 0 unspecified atom stereocenters. The number of rotatable bonds is 6. The third kappa shape index (κ3) is 4.72. The number of pyridine rings is 1. The molecule has 0 spiro atoms. The number of hydrogen-bond donors (Lipinski definition) is 0. The van der Waals surface area contributed by atoms with Crippen LogP contribution in [-0.4, -0.2) is 49.2 Å². The van der Waals surface area contributed by atoms with Crippen molar-refractivity contribution in [1.82, 2.24) is 9.88 Å². The third-order valence-corrected chi connectivity index (χ3v) is 5.32. The molecule has 3 aromatic rings. The Bertz CT molecular complexity index is 999. The largest absolute Gasteiger partial charge is 0.493 e. The predicted octanol–water partition coefficient (Wildman–Crippen LogP) is 3.54. The maximum Gasteiger partial charge on any atom is 0.336 e. The zero-order valence-electron chi connectivity index (χ0n) is 15.5. The summed E-state index contributed by atoms with van der Waals surface area (Å²) in [5.41, 5.74) is 0.212. The van der Waals surface area contributed by atoms with Gasteiger partial charge in [-0.2, -0.15) is 0 Å². The number of anilines is 1. The molecule has 1 fully saturated rings. The highest BCUT2D eigenvalue weighted by Crippen LogP contribution is 2.20. The second-order valence-corrected chi connectivity index (χ2v) is 7.62. The minimum absolute atomic E-state index is 0.346. The Morgan fingerprint density at radius 3 is 2.71 bits per heavy atom. The van der Waals surface area contributed by atoms with Gasteiger partial charge in [0.2, 0.25) is 0 Å². The highest BCUT2D eigenvalue weighted by atomic mass is 79.9. The van der Waals surface area contributed by atoms with Gasteiger partial charge in [0.1, 0.15) is 21.8 Å². The molecule has 0 bridgehead atoms. The van der Waals surface area contributed by atoms with Crippen LogP contribution in [0.2, 0.25) is 0 Å². The molecule has 0 amide bonds. The summed E-state index contributed by atoms with van der Waals surface area (Å²) in [5.74, 6) is 1.76. The number of hydrogen-bond acceptors (Lipinski definition) is 6. The van der Waals surface area contributed by atoms with Crippen LogP contribution in [0.5, 0.6) is 5.75 Å². The van der Waals surface area contributed by atoms with E-state index in [2.05, 4.69) is 36.8 Å². The first-order valence-electron chi connectivity index (χ1n) is 9.44. The van der Waals surface area contributed by atoms with Crippen LogP contribution < -0.4 is 15.3 Å². The highest BCUT2D eigenvalue weighted by Gasteiger charge is 2.17. The molecule has 2 aromatic heterocycles. The Morgan fingerprint density at radius 1 is 1.07 bits per heavy atom. The third-order valence-electron chi connectivity index (χ3n) is 4.88. The lowest BCUT2D eigenvalue weighted by molar-refractivity contribution is 0.224. The topological polar surface area (TPSA) is 58.8 Å². The first-order chi connectivity index (χ1) is 13.7. The van der Waals surface area contributed by atoms with Gasteiger partial charge in [0.15, 0.2) is 0 Å². The van der Waals surface area contributed by atoms with E-state index in [9.17, 15) is 4.79 Å². The molecule has 4 rings (SSSR count). The Morgan fingerprint density at radius 2 is 1.89 bits per heavy atom.